The molecule has 1 aromatic rings. The second-order valence-corrected chi connectivity index (χ2v) is 5.39. The van der Waals surface area contributed by atoms with Crippen LogP contribution in [-0.4, -0.2) is 24.2 Å². The summed E-state index contributed by atoms with van der Waals surface area (Å²) in [4.78, 5) is 12.0. The predicted octanol–water partition coefficient (Wildman–Crippen LogP) is 2.88. The summed E-state index contributed by atoms with van der Waals surface area (Å²) < 4.78 is 5.83. The number of furan rings is 1. The molecule has 1 amide bonds. The van der Waals surface area contributed by atoms with Crippen LogP contribution in [0.1, 0.15) is 42.8 Å². The SMILES string of the molecule is CCC(CC)(CO)CNC(=O)c1oc(Br)cc1C. The van der Waals surface area contributed by atoms with Crippen molar-refractivity contribution in [2.24, 2.45) is 5.41 Å². The summed E-state index contributed by atoms with van der Waals surface area (Å²) in [5.74, 6) is 0.0823. The lowest BCUT2D eigenvalue weighted by molar-refractivity contribution is 0.0825. The third-order valence-corrected chi connectivity index (χ3v) is 3.94. The summed E-state index contributed by atoms with van der Waals surface area (Å²) in [5, 5.41) is 12.3. The fraction of sp³-hybridized carbons (Fsp3) is 0.615. The highest BCUT2D eigenvalue weighted by Gasteiger charge is 2.26. The Balaban J connectivity index is 2.69. The molecule has 2 N–H and O–H groups in total. The first-order valence-electron chi connectivity index (χ1n) is 6.13. The monoisotopic (exact) mass is 317 g/mol. The van der Waals surface area contributed by atoms with E-state index in [2.05, 4.69) is 21.2 Å². The Bertz CT molecular complexity index is 402. The van der Waals surface area contributed by atoms with Crippen LogP contribution in [0.3, 0.4) is 0 Å². The largest absolute Gasteiger partial charge is 0.444 e. The molecule has 0 radical (unpaired) electrons. The number of nitrogens with one attached hydrogen (secondary N) is 1. The van der Waals surface area contributed by atoms with Crippen molar-refractivity contribution < 1.29 is 14.3 Å². The Morgan fingerprint density at radius 2 is 2.11 bits per heavy atom. The highest BCUT2D eigenvalue weighted by Crippen LogP contribution is 2.25. The lowest BCUT2D eigenvalue weighted by Crippen LogP contribution is -2.39. The number of hydrogen-bond acceptors (Lipinski definition) is 3. The van der Waals surface area contributed by atoms with Gasteiger partial charge in [0.05, 0.1) is 6.61 Å². The van der Waals surface area contributed by atoms with Gasteiger partial charge in [-0.3, -0.25) is 4.79 Å². The minimum atomic E-state index is -0.243. The van der Waals surface area contributed by atoms with E-state index in [1.807, 2.05) is 20.8 Å². The molecule has 1 heterocycles. The summed E-state index contributed by atoms with van der Waals surface area (Å²) in [6.07, 6.45) is 1.64. The lowest BCUT2D eigenvalue weighted by Gasteiger charge is -2.29. The average Bonchev–Trinajstić information content (AvgIpc) is 2.70. The zero-order valence-electron chi connectivity index (χ0n) is 11.0. The van der Waals surface area contributed by atoms with Crippen molar-refractivity contribution in [3.63, 3.8) is 0 Å². The minimum Gasteiger partial charge on any atom is -0.444 e. The van der Waals surface area contributed by atoms with Gasteiger partial charge in [-0.25, -0.2) is 0 Å². The van der Waals surface area contributed by atoms with Crippen LogP contribution in [0, 0.1) is 12.3 Å². The molecule has 1 rings (SSSR count). The molecule has 0 aliphatic carbocycles. The van der Waals surface area contributed by atoms with Gasteiger partial charge >= 0.3 is 0 Å². The van der Waals surface area contributed by atoms with E-state index in [-0.39, 0.29) is 17.9 Å². The topological polar surface area (TPSA) is 62.5 Å². The maximum Gasteiger partial charge on any atom is 0.287 e. The van der Waals surface area contributed by atoms with E-state index < -0.39 is 0 Å². The summed E-state index contributed by atoms with van der Waals surface area (Å²) in [5.41, 5.74) is 0.551. The van der Waals surface area contributed by atoms with Gasteiger partial charge in [0.1, 0.15) is 0 Å². The Morgan fingerprint density at radius 3 is 2.50 bits per heavy atom. The van der Waals surface area contributed by atoms with E-state index in [9.17, 15) is 9.90 Å². The van der Waals surface area contributed by atoms with Gasteiger partial charge in [0.15, 0.2) is 10.4 Å². The number of aliphatic hydroxyl groups is 1. The molecule has 0 aromatic carbocycles. The first-order chi connectivity index (χ1) is 8.48. The number of halogens is 1. The smallest absolute Gasteiger partial charge is 0.287 e. The average molecular weight is 318 g/mol. The van der Waals surface area contributed by atoms with Crippen molar-refractivity contribution >= 4 is 21.8 Å². The molecule has 0 aliphatic rings. The van der Waals surface area contributed by atoms with E-state index in [1.165, 1.54) is 0 Å². The Morgan fingerprint density at radius 1 is 1.50 bits per heavy atom. The summed E-state index contributed by atoms with van der Waals surface area (Å²) in [6, 6.07) is 1.76. The number of carbonyl (C=O) groups is 1. The molecule has 0 spiro atoms. The maximum absolute atomic E-state index is 12.0. The van der Waals surface area contributed by atoms with Crippen LogP contribution in [0.2, 0.25) is 0 Å². The number of carbonyl (C=O) groups excluding carboxylic acids is 1. The van der Waals surface area contributed by atoms with Crippen molar-refractivity contribution in [1.82, 2.24) is 5.32 Å². The van der Waals surface area contributed by atoms with Crippen LogP contribution < -0.4 is 5.32 Å². The molecule has 102 valence electrons. The first kappa shape index (κ1) is 15.2. The molecule has 4 nitrogen and oxygen atoms in total. The van der Waals surface area contributed by atoms with Crippen LogP contribution in [0.4, 0.5) is 0 Å². The number of amides is 1. The second-order valence-electron chi connectivity index (χ2n) is 4.61. The van der Waals surface area contributed by atoms with Gasteiger partial charge in [0.2, 0.25) is 0 Å². The predicted molar refractivity (Wildman–Crippen MR) is 73.6 cm³/mol. The molecule has 5 heteroatoms. The fourth-order valence-corrected chi connectivity index (χ4v) is 2.30. The molecule has 0 saturated carbocycles. The molecule has 0 aliphatic heterocycles. The van der Waals surface area contributed by atoms with Crippen LogP contribution in [0.15, 0.2) is 15.2 Å². The van der Waals surface area contributed by atoms with Crippen molar-refractivity contribution in [1.29, 1.82) is 0 Å². The van der Waals surface area contributed by atoms with Gasteiger partial charge in [0.25, 0.3) is 5.91 Å². The number of aryl methyl sites for hydroxylation is 1. The summed E-state index contributed by atoms with van der Waals surface area (Å²) >= 11 is 3.20. The van der Waals surface area contributed by atoms with Gasteiger partial charge < -0.3 is 14.8 Å². The molecular formula is C13H20BrNO3. The summed E-state index contributed by atoms with van der Waals surface area (Å²) in [6.45, 7) is 6.37. The minimum absolute atomic E-state index is 0.0705. The van der Waals surface area contributed by atoms with Gasteiger partial charge in [-0.2, -0.15) is 0 Å². The number of aliphatic hydroxyl groups excluding tert-OH is 1. The Labute approximate surface area is 116 Å². The van der Waals surface area contributed by atoms with Crippen molar-refractivity contribution in [2.75, 3.05) is 13.2 Å². The Hall–Kier alpha value is -0.810. The van der Waals surface area contributed by atoms with Gasteiger partial charge in [-0.15, -0.1) is 0 Å². The third kappa shape index (κ3) is 3.36. The third-order valence-electron chi connectivity index (χ3n) is 3.55. The molecule has 18 heavy (non-hydrogen) atoms. The molecule has 0 atom stereocenters. The van der Waals surface area contributed by atoms with Crippen LogP contribution in [-0.2, 0) is 0 Å². The van der Waals surface area contributed by atoms with Crippen LogP contribution in [0.5, 0.6) is 0 Å². The highest BCUT2D eigenvalue weighted by molar-refractivity contribution is 9.10. The molecule has 0 bridgehead atoms. The van der Waals surface area contributed by atoms with Crippen molar-refractivity contribution in [3.8, 4) is 0 Å². The van der Waals surface area contributed by atoms with Gasteiger partial charge in [-0.1, -0.05) is 13.8 Å². The maximum atomic E-state index is 12.0. The molecule has 0 saturated heterocycles. The van der Waals surface area contributed by atoms with E-state index >= 15 is 0 Å². The molecule has 1 aromatic heterocycles. The number of rotatable bonds is 6. The zero-order valence-corrected chi connectivity index (χ0v) is 12.6. The van der Waals surface area contributed by atoms with E-state index in [1.54, 1.807) is 6.07 Å². The van der Waals surface area contributed by atoms with E-state index in [0.29, 0.717) is 17.0 Å². The first-order valence-corrected chi connectivity index (χ1v) is 6.92. The zero-order chi connectivity index (χ0) is 13.8. The molecule has 0 unspecified atom stereocenters. The Kier molecular flexibility index (Phi) is 5.41. The summed E-state index contributed by atoms with van der Waals surface area (Å²) in [7, 11) is 0. The van der Waals surface area contributed by atoms with Crippen LogP contribution in [0.25, 0.3) is 0 Å². The highest BCUT2D eigenvalue weighted by atomic mass is 79.9. The standard InChI is InChI=1S/C13H20BrNO3/c1-4-13(5-2,8-16)7-15-12(17)11-9(3)6-10(14)18-11/h6,16H,4-5,7-8H2,1-3H3,(H,15,17). The van der Waals surface area contributed by atoms with Crippen molar-refractivity contribution in [3.05, 3.63) is 22.1 Å². The van der Waals surface area contributed by atoms with E-state index in [4.69, 9.17) is 4.42 Å². The van der Waals surface area contributed by atoms with Crippen molar-refractivity contribution in [2.45, 2.75) is 33.6 Å². The normalized spacial score (nSPS) is 11.6. The lowest BCUT2D eigenvalue weighted by atomic mass is 9.83. The van der Waals surface area contributed by atoms with E-state index in [0.717, 1.165) is 18.4 Å². The molecular weight excluding hydrogens is 298 g/mol. The second kappa shape index (κ2) is 6.38. The number of hydrogen-bond donors (Lipinski definition) is 2. The quantitative estimate of drug-likeness (QED) is 0.848. The van der Waals surface area contributed by atoms with Gasteiger partial charge in [0, 0.05) is 17.5 Å². The van der Waals surface area contributed by atoms with Gasteiger partial charge in [-0.05, 0) is 41.8 Å². The molecule has 0 fully saturated rings. The van der Waals surface area contributed by atoms with Crippen LogP contribution >= 0.6 is 15.9 Å². The fourth-order valence-electron chi connectivity index (χ4n) is 1.80.